The highest BCUT2D eigenvalue weighted by Crippen LogP contribution is 2.21. The van der Waals surface area contributed by atoms with Crippen LogP contribution in [0.15, 0.2) is 40.8 Å². The van der Waals surface area contributed by atoms with Gasteiger partial charge in [-0.05, 0) is 36.4 Å². The van der Waals surface area contributed by atoms with E-state index in [9.17, 15) is 22.8 Å². The third-order valence-electron chi connectivity index (χ3n) is 2.62. The molecule has 6 nitrogen and oxygen atoms in total. The summed E-state index contributed by atoms with van der Waals surface area (Å²) in [7, 11) is 0. The number of halogens is 3. The van der Waals surface area contributed by atoms with Crippen LogP contribution >= 0.6 is 0 Å². The number of carboxylic acids is 1. The molecule has 2 rings (SSSR count). The molecule has 0 saturated carbocycles. The number of carbonyl (C=O) groups excluding carboxylic acids is 1. The summed E-state index contributed by atoms with van der Waals surface area (Å²) >= 11 is 0. The lowest BCUT2D eigenvalue weighted by Crippen LogP contribution is -2.29. The van der Waals surface area contributed by atoms with Crippen LogP contribution in [0, 0.1) is 0 Å². The number of aromatic carboxylic acids is 1. The van der Waals surface area contributed by atoms with Gasteiger partial charge < -0.3 is 19.6 Å². The highest BCUT2D eigenvalue weighted by molar-refractivity contribution is 5.94. The SMILES string of the molecule is O=C(O)c1ccc(COc2ccc(NC(=O)C(F)(F)F)cc2)o1. The van der Waals surface area contributed by atoms with Gasteiger partial charge in [0.2, 0.25) is 5.76 Å². The molecule has 0 unspecified atom stereocenters. The summed E-state index contributed by atoms with van der Waals surface area (Å²) in [4.78, 5) is 21.4. The number of carboxylic acid groups (broad SMARTS) is 1. The highest BCUT2D eigenvalue weighted by atomic mass is 19.4. The fourth-order valence-electron chi connectivity index (χ4n) is 1.56. The number of benzene rings is 1. The van der Waals surface area contributed by atoms with E-state index in [0.717, 1.165) is 0 Å². The number of carbonyl (C=O) groups is 2. The molecular weight excluding hydrogens is 319 g/mol. The van der Waals surface area contributed by atoms with Crippen molar-refractivity contribution in [1.82, 2.24) is 0 Å². The second-order valence-corrected chi connectivity index (χ2v) is 4.34. The van der Waals surface area contributed by atoms with Crippen LogP contribution in [0.1, 0.15) is 16.3 Å². The van der Waals surface area contributed by atoms with Gasteiger partial charge in [0.1, 0.15) is 18.1 Å². The van der Waals surface area contributed by atoms with E-state index in [-0.39, 0.29) is 23.8 Å². The molecule has 0 radical (unpaired) electrons. The first-order valence-corrected chi connectivity index (χ1v) is 6.19. The third kappa shape index (κ3) is 4.50. The maximum Gasteiger partial charge on any atom is 0.471 e. The molecule has 2 N–H and O–H groups in total. The number of hydrogen-bond donors (Lipinski definition) is 2. The first-order chi connectivity index (χ1) is 10.8. The molecule has 1 aromatic heterocycles. The minimum atomic E-state index is -4.96. The van der Waals surface area contributed by atoms with Crippen molar-refractivity contribution < 1.29 is 37.0 Å². The van der Waals surface area contributed by atoms with Gasteiger partial charge in [-0.25, -0.2) is 4.79 Å². The maximum absolute atomic E-state index is 12.1. The van der Waals surface area contributed by atoms with Crippen molar-refractivity contribution in [3.05, 3.63) is 47.9 Å². The van der Waals surface area contributed by atoms with Crippen molar-refractivity contribution >= 4 is 17.6 Å². The fourth-order valence-corrected chi connectivity index (χ4v) is 1.56. The summed E-state index contributed by atoms with van der Waals surface area (Å²) in [6.07, 6.45) is -4.96. The molecule has 122 valence electrons. The van der Waals surface area contributed by atoms with Gasteiger partial charge in [0.05, 0.1) is 0 Å². The highest BCUT2D eigenvalue weighted by Gasteiger charge is 2.38. The van der Waals surface area contributed by atoms with Gasteiger partial charge in [-0.15, -0.1) is 0 Å². The number of anilines is 1. The van der Waals surface area contributed by atoms with Gasteiger partial charge in [-0.2, -0.15) is 13.2 Å². The van der Waals surface area contributed by atoms with Crippen LogP contribution in [0.2, 0.25) is 0 Å². The van der Waals surface area contributed by atoms with Crippen LogP contribution in [0.25, 0.3) is 0 Å². The number of hydrogen-bond acceptors (Lipinski definition) is 4. The van der Waals surface area contributed by atoms with Crippen LogP contribution in [-0.4, -0.2) is 23.2 Å². The number of ether oxygens (including phenoxy) is 1. The summed E-state index contributed by atoms with van der Waals surface area (Å²) in [6, 6.07) is 7.89. The lowest BCUT2D eigenvalue weighted by Gasteiger charge is -2.09. The Balaban J connectivity index is 1.92. The first-order valence-electron chi connectivity index (χ1n) is 6.19. The Morgan fingerprint density at radius 1 is 1.13 bits per heavy atom. The molecule has 1 amide bonds. The summed E-state index contributed by atoms with van der Waals surface area (Å²) < 4.78 is 46.5. The van der Waals surface area contributed by atoms with Crippen molar-refractivity contribution in [2.45, 2.75) is 12.8 Å². The zero-order chi connectivity index (χ0) is 17.0. The Morgan fingerprint density at radius 2 is 1.78 bits per heavy atom. The van der Waals surface area contributed by atoms with Crippen LogP contribution in [0.4, 0.5) is 18.9 Å². The average Bonchev–Trinajstić information content (AvgIpc) is 2.94. The normalized spacial score (nSPS) is 11.1. The van der Waals surface area contributed by atoms with Gasteiger partial charge in [-0.3, -0.25) is 4.79 Å². The Bertz CT molecular complexity index is 706. The van der Waals surface area contributed by atoms with Gasteiger partial charge in [0, 0.05) is 5.69 Å². The third-order valence-corrected chi connectivity index (χ3v) is 2.62. The van der Waals surface area contributed by atoms with Crippen LogP contribution < -0.4 is 10.1 Å². The average molecular weight is 329 g/mol. The molecule has 1 heterocycles. The van der Waals surface area contributed by atoms with Crippen molar-refractivity contribution in [2.24, 2.45) is 0 Å². The van der Waals surface area contributed by atoms with Crippen LogP contribution in [0.5, 0.6) is 5.75 Å². The lowest BCUT2D eigenvalue weighted by molar-refractivity contribution is -0.167. The topological polar surface area (TPSA) is 88.8 Å². The smallest absolute Gasteiger partial charge is 0.471 e. The lowest BCUT2D eigenvalue weighted by atomic mass is 10.3. The number of alkyl halides is 3. The second kappa shape index (κ2) is 6.42. The Kier molecular flexibility index (Phi) is 4.58. The van der Waals surface area contributed by atoms with Gasteiger partial charge in [0.25, 0.3) is 0 Å². The quantitative estimate of drug-likeness (QED) is 0.880. The van der Waals surface area contributed by atoms with Gasteiger partial charge in [-0.1, -0.05) is 0 Å². The second-order valence-electron chi connectivity index (χ2n) is 4.34. The van der Waals surface area contributed by atoms with Crippen LogP contribution in [0.3, 0.4) is 0 Å². The number of nitrogens with one attached hydrogen (secondary N) is 1. The zero-order valence-electron chi connectivity index (χ0n) is 11.4. The predicted octanol–water partition coefficient (Wildman–Crippen LogP) is 3.06. The maximum atomic E-state index is 12.1. The standard InChI is InChI=1S/C14H10F3NO5/c15-14(16,17)13(21)18-8-1-3-9(4-2-8)22-7-10-5-6-11(23-10)12(19)20/h1-6H,7H2,(H,18,21)(H,19,20). The molecule has 0 spiro atoms. The number of amides is 1. The van der Waals surface area contributed by atoms with Gasteiger partial charge in [0.15, 0.2) is 0 Å². The Morgan fingerprint density at radius 3 is 2.30 bits per heavy atom. The molecule has 9 heteroatoms. The largest absolute Gasteiger partial charge is 0.486 e. The van der Waals surface area contributed by atoms with E-state index in [1.807, 2.05) is 0 Å². The summed E-state index contributed by atoms with van der Waals surface area (Å²) in [6.45, 7) is -0.0540. The predicted molar refractivity (Wildman–Crippen MR) is 71.1 cm³/mol. The molecule has 0 atom stereocenters. The number of rotatable bonds is 5. The molecule has 0 bridgehead atoms. The van der Waals surface area contributed by atoms with E-state index >= 15 is 0 Å². The molecule has 2 aromatic rings. The molecule has 0 aliphatic heterocycles. The monoisotopic (exact) mass is 329 g/mol. The Labute approximate surface area is 127 Å². The van der Waals surface area contributed by atoms with E-state index in [4.69, 9.17) is 14.3 Å². The van der Waals surface area contributed by atoms with E-state index in [1.54, 1.807) is 5.32 Å². The van der Waals surface area contributed by atoms with Crippen LogP contribution in [-0.2, 0) is 11.4 Å². The molecular formula is C14H10F3NO5. The first kappa shape index (κ1) is 16.4. The molecule has 1 aromatic carbocycles. The van der Waals surface area contributed by atoms with Crippen molar-refractivity contribution in [1.29, 1.82) is 0 Å². The summed E-state index contributed by atoms with van der Waals surface area (Å²) in [5, 5.41) is 10.4. The minimum absolute atomic E-state index is 0.0363. The minimum Gasteiger partial charge on any atom is -0.486 e. The van der Waals surface area contributed by atoms with Crippen molar-refractivity contribution in [3.63, 3.8) is 0 Å². The van der Waals surface area contributed by atoms with Crippen molar-refractivity contribution in [2.75, 3.05) is 5.32 Å². The van der Waals surface area contributed by atoms with E-state index in [0.29, 0.717) is 5.75 Å². The molecule has 0 aliphatic carbocycles. The Hall–Kier alpha value is -2.97. The van der Waals surface area contributed by atoms with Crippen molar-refractivity contribution in [3.8, 4) is 5.75 Å². The zero-order valence-corrected chi connectivity index (χ0v) is 11.4. The van der Waals surface area contributed by atoms with E-state index < -0.39 is 18.1 Å². The number of furan rings is 1. The molecule has 0 saturated heterocycles. The summed E-state index contributed by atoms with van der Waals surface area (Å²) in [5.74, 6) is -2.92. The molecule has 23 heavy (non-hydrogen) atoms. The summed E-state index contributed by atoms with van der Waals surface area (Å²) in [5.41, 5.74) is -0.0363. The van der Waals surface area contributed by atoms with E-state index in [1.165, 1.54) is 36.4 Å². The molecule has 0 fully saturated rings. The van der Waals surface area contributed by atoms with Gasteiger partial charge >= 0.3 is 18.1 Å². The fraction of sp³-hybridized carbons (Fsp3) is 0.143. The van der Waals surface area contributed by atoms with E-state index in [2.05, 4.69) is 0 Å². The molecule has 0 aliphatic rings.